The minimum absolute atomic E-state index is 0.272. The fraction of sp³-hybridized carbons (Fsp3) is 0.250. The summed E-state index contributed by atoms with van der Waals surface area (Å²) >= 11 is 0. The summed E-state index contributed by atoms with van der Waals surface area (Å²) in [5.41, 5.74) is 1.18. The van der Waals surface area contributed by atoms with E-state index in [9.17, 15) is 18.8 Å². The van der Waals surface area contributed by atoms with Crippen LogP contribution in [0.2, 0.25) is 0 Å². The molecule has 27 heavy (non-hydrogen) atoms. The number of hydrogen-bond donors (Lipinski definition) is 0. The largest absolute Gasteiger partial charge is 0.366 e. The molecule has 0 atom stereocenters. The predicted octanol–water partition coefficient (Wildman–Crippen LogP) is 1.77. The van der Waals surface area contributed by atoms with Crippen LogP contribution in [0.5, 0.6) is 0 Å². The standard InChI is InChI=1S/C20H18FN3O3/c21-16-7-3-4-8-17(16)22-9-11-23(12-10-22)18(25)13-24-19(26)14-5-1-2-6-15(14)20(24)27/h1-8H,9-13H2. The maximum Gasteiger partial charge on any atom is 0.262 e. The molecule has 0 radical (unpaired) electrons. The van der Waals surface area contributed by atoms with Crippen LogP contribution < -0.4 is 4.90 Å². The maximum atomic E-state index is 13.9. The van der Waals surface area contributed by atoms with Gasteiger partial charge in [0.25, 0.3) is 11.8 Å². The second kappa shape index (κ2) is 6.83. The second-order valence-corrected chi connectivity index (χ2v) is 6.56. The van der Waals surface area contributed by atoms with Crippen molar-refractivity contribution in [3.8, 4) is 0 Å². The molecule has 2 aromatic rings. The zero-order valence-corrected chi connectivity index (χ0v) is 14.6. The lowest BCUT2D eigenvalue weighted by Crippen LogP contribution is -2.52. The molecule has 138 valence electrons. The Kier molecular flexibility index (Phi) is 4.35. The van der Waals surface area contributed by atoms with Crippen molar-refractivity contribution in [2.24, 2.45) is 0 Å². The summed E-state index contributed by atoms with van der Waals surface area (Å²) in [6.45, 7) is 1.54. The Morgan fingerprint density at radius 3 is 2.00 bits per heavy atom. The minimum atomic E-state index is -0.436. The number of anilines is 1. The SMILES string of the molecule is O=C(CN1C(=O)c2ccccc2C1=O)N1CCN(c2ccccc2F)CC1. The van der Waals surface area contributed by atoms with Crippen molar-refractivity contribution in [3.63, 3.8) is 0 Å². The Morgan fingerprint density at radius 2 is 1.41 bits per heavy atom. The van der Waals surface area contributed by atoms with Crippen molar-refractivity contribution in [1.29, 1.82) is 0 Å². The van der Waals surface area contributed by atoms with Gasteiger partial charge in [-0.25, -0.2) is 4.39 Å². The summed E-state index contributed by atoms with van der Waals surface area (Å²) in [7, 11) is 0. The molecule has 1 saturated heterocycles. The Morgan fingerprint density at radius 1 is 0.852 bits per heavy atom. The highest BCUT2D eigenvalue weighted by Crippen LogP contribution is 2.23. The van der Waals surface area contributed by atoms with Crippen molar-refractivity contribution in [3.05, 3.63) is 65.5 Å². The number of halogens is 1. The molecule has 0 bridgehead atoms. The third-order valence-corrected chi connectivity index (χ3v) is 5.00. The van der Waals surface area contributed by atoms with Crippen molar-refractivity contribution >= 4 is 23.4 Å². The minimum Gasteiger partial charge on any atom is -0.366 e. The van der Waals surface area contributed by atoms with E-state index in [0.717, 1.165) is 4.90 Å². The second-order valence-electron chi connectivity index (χ2n) is 6.56. The van der Waals surface area contributed by atoms with E-state index in [1.54, 1.807) is 47.4 Å². The lowest BCUT2D eigenvalue weighted by molar-refractivity contribution is -0.131. The van der Waals surface area contributed by atoms with Gasteiger partial charge in [0, 0.05) is 26.2 Å². The van der Waals surface area contributed by atoms with Crippen LogP contribution in [0.3, 0.4) is 0 Å². The van der Waals surface area contributed by atoms with Crippen molar-refractivity contribution in [2.45, 2.75) is 0 Å². The zero-order chi connectivity index (χ0) is 19.0. The van der Waals surface area contributed by atoms with Crippen molar-refractivity contribution in [1.82, 2.24) is 9.80 Å². The summed E-state index contributed by atoms with van der Waals surface area (Å²) in [5, 5.41) is 0. The number of para-hydroxylation sites is 1. The molecule has 4 rings (SSSR count). The molecule has 2 aliphatic rings. The number of rotatable bonds is 3. The summed E-state index contributed by atoms with van der Waals surface area (Å²) < 4.78 is 13.9. The van der Waals surface area contributed by atoms with Crippen LogP contribution in [0.1, 0.15) is 20.7 Å². The fourth-order valence-electron chi connectivity index (χ4n) is 3.52. The Balaban J connectivity index is 1.39. The van der Waals surface area contributed by atoms with Gasteiger partial charge in [0.1, 0.15) is 12.4 Å². The summed E-state index contributed by atoms with van der Waals surface area (Å²) in [4.78, 5) is 41.9. The maximum absolute atomic E-state index is 13.9. The number of amides is 3. The third-order valence-electron chi connectivity index (χ3n) is 5.00. The van der Waals surface area contributed by atoms with Gasteiger partial charge in [-0.15, -0.1) is 0 Å². The van der Waals surface area contributed by atoms with Gasteiger partial charge in [0.05, 0.1) is 16.8 Å². The van der Waals surface area contributed by atoms with E-state index < -0.39 is 11.8 Å². The lowest BCUT2D eigenvalue weighted by atomic mass is 10.1. The van der Waals surface area contributed by atoms with E-state index in [1.807, 2.05) is 4.90 Å². The first-order valence-corrected chi connectivity index (χ1v) is 8.79. The van der Waals surface area contributed by atoms with Crippen molar-refractivity contribution in [2.75, 3.05) is 37.6 Å². The van der Waals surface area contributed by atoms with Gasteiger partial charge in [-0.3, -0.25) is 19.3 Å². The zero-order valence-electron chi connectivity index (χ0n) is 14.6. The number of hydrogen-bond acceptors (Lipinski definition) is 4. The molecule has 0 unspecified atom stereocenters. The number of imide groups is 1. The van der Waals surface area contributed by atoms with Gasteiger partial charge in [-0.05, 0) is 24.3 Å². The van der Waals surface area contributed by atoms with Crippen LogP contribution in [0.4, 0.5) is 10.1 Å². The van der Waals surface area contributed by atoms with Gasteiger partial charge < -0.3 is 9.80 Å². The number of nitrogens with zero attached hydrogens (tertiary/aromatic N) is 3. The molecule has 6 nitrogen and oxygen atoms in total. The van der Waals surface area contributed by atoms with Gasteiger partial charge in [-0.2, -0.15) is 0 Å². The summed E-state index contributed by atoms with van der Waals surface area (Å²) in [5.74, 6) is -1.44. The van der Waals surface area contributed by atoms with Crippen LogP contribution >= 0.6 is 0 Å². The molecule has 2 aliphatic heterocycles. The van der Waals surface area contributed by atoms with E-state index in [1.165, 1.54) is 6.07 Å². The predicted molar refractivity (Wildman–Crippen MR) is 97.0 cm³/mol. The van der Waals surface area contributed by atoms with Crippen LogP contribution in [-0.4, -0.2) is 60.2 Å². The van der Waals surface area contributed by atoms with E-state index in [2.05, 4.69) is 0 Å². The molecule has 0 saturated carbocycles. The fourth-order valence-corrected chi connectivity index (χ4v) is 3.52. The van der Waals surface area contributed by atoms with Gasteiger partial charge in [0.2, 0.25) is 5.91 Å². The first-order valence-electron chi connectivity index (χ1n) is 8.79. The average Bonchev–Trinajstić information content (AvgIpc) is 2.94. The van der Waals surface area contributed by atoms with Crippen LogP contribution in [-0.2, 0) is 4.79 Å². The Labute approximate surface area is 155 Å². The number of carbonyl (C=O) groups excluding carboxylic acids is 3. The smallest absolute Gasteiger partial charge is 0.262 e. The molecule has 3 amide bonds. The highest BCUT2D eigenvalue weighted by Gasteiger charge is 2.37. The van der Waals surface area contributed by atoms with E-state index in [-0.39, 0.29) is 18.3 Å². The van der Waals surface area contributed by atoms with Gasteiger partial charge in [-0.1, -0.05) is 24.3 Å². The molecular weight excluding hydrogens is 349 g/mol. The normalized spacial score (nSPS) is 16.7. The van der Waals surface area contributed by atoms with E-state index >= 15 is 0 Å². The molecule has 2 aromatic carbocycles. The third kappa shape index (κ3) is 3.05. The quantitative estimate of drug-likeness (QED) is 0.776. The number of fused-ring (bicyclic) bond motifs is 1. The number of benzene rings is 2. The van der Waals surface area contributed by atoms with Crippen LogP contribution in [0.25, 0.3) is 0 Å². The molecule has 0 N–H and O–H groups in total. The van der Waals surface area contributed by atoms with Crippen molar-refractivity contribution < 1.29 is 18.8 Å². The lowest BCUT2D eigenvalue weighted by Gasteiger charge is -2.36. The molecular formula is C20H18FN3O3. The van der Waals surface area contributed by atoms with Crippen LogP contribution in [0, 0.1) is 5.82 Å². The molecule has 2 heterocycles. The van der Waals surface area contributed by atoms with Gasteiger partial charge >= 0.3 is 0 Å². The number of carbonyl (C=O) groups is 3. The highest BCUT2D eigenvalue weighted by atomic mass is 19.1. The number of piperazine rings is 1. The Bertz CT molecular complexity index is 887. The van der Waals surface area contributed by atoms with Gasteiger partial charge in [0.15, 0.2) is 0 Å². The molecule has 0 aliphatic carbocycles. The topological polar surface area (TPSA) is 60.9 Å². The first kappa shape index (κ1) is 17.2. The summed E-state index contributed by atoms with van der Waals surface area (Å²) in [6.07, 6.45) is 0. The molecule has 0 aromatic heterocycles. The molecule has 1 fully saturated rings. The summed E-state index contributed by atoms with van der Waals surface area (Å²) in [6, 6.07) is 13.1. The van der Waals surface area contributed by atoms with E-state index in [4.69, 9.17) is 0 Å². The molecule has 7 heteroatoms. The molecule has 0 spiro atoms. The Hall–Kier alpha value is -3.22. The first-order chi connectivity index (χ1) is 13.1. The van der Waals surface area contributed by atoms with Crippen LogP contribution in [0.15, 0.2) is 48.5 Å². The monoisotopic (exact) mass is 367 g/mol. The van der Waals surface area contributed by atoms with E-state index in [0.29, 0.717) is 43.0 Å². The highest BCUT2D eigenvalue weighted by molar-refractivity contribution is 6.22. The average molecular weight is 367 g/mol.